The van der Waals surface area contributed by atoms with Crippen LogP contribution in [-0.4, -0.2) is 37.3 Å². The van der Waals surface area contributed by atoms with Crippen molar-refractivity contribution in [1.29, 1.82) is 0 Å². The molecule has 7 nitrogen and oxygen atoms in total. The number of carbonyl (C=O) groups is 1. The molecule has 1 N–H and O–H groups in total. The van der Waals surface area contributed by atoms with Gasteiger partial charge in [-0.05, 0) is 46.1 Å². The molecule has 0 radical (unpaired) electrons. The summed E-state index contributed by atoms with van der Waals surface area (Å²) in [6.45, 7) is 6.57. The molecule has 0 bridgehead atoms. The number of rotatable bonds is 5. The first-order valence-electron chi connectivity index (χ1n) is 9.93. The number of thiazole rings is 2. The van der Waals surface area contributed by atoms with Crippen LogP contribution in [0.5, 0.6) is 0 Å². The molecule has 1 aliphatic rings. The van der Waals surface area contributed by atoms with Gasteiger partial charge in [0.25, 0.3) is 0 Å². The first-order chi connectivity index (χ1) is 14.5. The smallest absolute Gasteiger partial charge is 0.247 e. The van der Waals surface area contributed by atoms with Crippen LogP contribution in [0.2, 0.25) is 0 Å². The molecule has 3 aromatic rings. The molecule has 1 fully saturated rings. The Morgan fingerprint density at radius 3 is 2.70 bits per heavy atom. The second-order valence-corrected chi connectivity index (χ2v) is 9.26. The van der Waals surface area contributed by atoms with Crippen LogP contribution in [0, 0.1) is 20.8 Å². The summed E-state index contributed by atoms with van der Waals surface area (Å²) < 4.78 is 0. The van der Waals surface area contributed by atoms with E-state index in [-0.39, 0.29) is 11.9 Å². The fourth-order valence-corrected chi connectivity index (χ4v) is 4.77. The molecule has 3 aromatic heterocycles. The maximum absolute atomic E-state index is 13.0. The summed E-state index contributed by atoms with van der Waals surface area (Å²) in [6.07, 6.45) is 6.29. The molecule has 1 amide bonds. The van der Waals surface area contributed by atoms with Crippen LogP contribution in [0.4, 0.5) is 10.9 Å². The Morgan fingerprint density at radius 1 is 1.10 bits per heavy atom. The highest BCUT2D eigenvalue weighted by Crippen LogP contribution is 2.31. The Labute approximate surface area is 183 Å². The van der Waals surface area contributed by atoms with Crippen molar-refractivity contribution in [2.75, 3.05) is 11.9 Å². The quantitative estimate of drug-likeness (QED) is 0.572. The van der Waals surface area contributed by atoms with Crippen molar-refractivity contribution in [2.45, 2.75) is 46.1 Å². The fourth-order valence-electron chi connectivity index (χ4n) is 3.50. The van der Waals surface area contributed by atoms with E-state index in [0.29, 0.717) is 18.2 Å². The number of carbonyl (C=O) groups excluding carboxylic acids is 1. The molecule has 1 saturated heterocycles. The van der Waals surface area contributed by atoms with E-state index < -0.39 is 0 Å². The number of aryl methyl sites for hydroxylation is 3. The number of nitrogens with zero attached hydrogens (tertiary/aromatic N) is 5. The molecule has 0 aromatic carbocycles. The van der Waals surface area contributed by atoms with Gasteiger partial charge in [0.2, 0.25) is 5.91 Å². The van der Waals surface area contributed by atoms with Crippen LogP contribution in [0.1, 0.15) is 53.2 Å². The van der Waals surface area contributed by atoms with Crippen molar-refractivity contribution < 1.29 is 4.79 Å². The van der Waals surface area contributed by atoms with Crippen molar-refractivity contribution in [3.05, 3.63) is 50.8 Å². The third-order valence-corrected chi connectivity index (χ3v) is 6.51. The molecule has 30 heavy (non-hydrogen) atoms. The minimum absolute atomic E-state index is 0.0273. The largest absolute Gasteiger partial charge is 0.329 e. The number of amides is 1. The van der Waals surface area contributed by atoms with Gasteiger partial charge >= 0.3 is 0 Å². The van der Waals surface area contributed by atoms with Crippen LogP contribution in [0.25, 0.3) is 6.08 Å². The predicted octanol–water partition coefficient (Wildman–Crippen LogP) is 4.83. The number of piperidine rings is 1. The summed E-state index contributed by atoms with van der Waals surface area (Å²) in [6, 6.07) is 1.77. The number of hydrogen-bond donors (Lipinski definition) is 1. The number of anilines is 2. The zero-order chi connectivity index (χ0) is 21.1. The van der Waals surface area contributed by atoms with E-state index in [4.69, 9.17) is 4.98 Å². The Balaban J connectivity index is 1.55. The van der Waals surface area contributed by atoms with Crippen LogP contribution in [0.15, 0.2) is 22.9 Å². The molecule has 156 valence electrons. The van der Waals surface area contributed by atoms with E-state index in [0.717, 1.165) is 46.5 Å². The van der Waals surface area contributed by atoms with Crippen LogP contribution < -0.4 is 5.32 Å². The van der Waals surface area contributed by atoms with Crippen LogP contribution in [-0.2, 0) is 4.79 Å². The number of likely N-dealkylation sites (tertiary alicyclic amines) is 1. The lowest BCUT2D eigenvalue weighted by atomic mass is 10.0. The first kappa shape index (κ1) is 20.6. The second-order valence-electron chi connectivity index (χ2n) is 7.34. The Bertz CT molecular complexity index is 1070. The van der Waals surface area contributed by atoms with Crippen molar-refractivity contribution in [3.8, 4) is 0 Å². The van der Waals surface area contributed by atoms with Crippen molar-refractivity contribution in [1.82, 2.24) is 24.8 Å². The third-order valence-electron chi connectivity index (χ3n) is 4.84. The minimum Gasteiger partial charge on any atom is -0.329 e. The van der Waals surface area contributed by atoms with Gasteiger partial charge in [0.15, 0.2) is 11.0 Å². The second kappa shape index (κ2) is 9.01. The van der Waals surface area contributed by atoms with Gasteiger partial charge < -0.3 is 10.2 Å². The van der Waals surface area contributed by atoms with E-state index in [1.165, 1.54) is 0 Å². The highest BCUT2D eigenvalue weighted by Gasteiger charge is 2.29. The van der Waals surface area contributed by atoms with Gasteiger partial charge in [0.1, 0.15) is 5.82 Å². The summed E-state index contributed by atoms with van der Waals surface area (Å²) >= 11 is 3.12. The highest BCUT2D eigenvalue weighted by atomic mass is 32.1. The lowest BCUT2D eigenvalue weighted by molar-refractivity contribution is -0.129. The number of aromatic nitrogens is 4. The monoisotopic (exact) mass is 440 g/mol. The zero-order valence-electron chi connectivity index (χ0n) is 17.3. The molecule has 0 unspecified atom stereocenters. The van der Waals surface area contributed by atoms with E-state index >= 15 is 0 Å². The molecular weight excluding hydrogens is 416 g/mol. The molecule has 1 atom stereocenters. The summed E-state index contributed by atoms with van der Waals surface area (Å²) in [5.74, 6) is 1.36. The predicted molar refractivity (Wildman–Crippen MR) is 121 cm³/mol. The van der Waals surface area contributed by atoms with E-state index in [1.807, 2.05) is 42.5 Å². The number of hydrogen-bond acceptors (Lipinski definition) is 8. The van der Waals surface area contributed by atoms with E-state index in [1.54, 1.807) is 34.8 Å². The van der Waals surface area contributed by atoms with Crippen molar-refractivity contribution in [2.24, 2.45) is 0 Å². The molecule has 0 saturated carbocycles. The number of nitrogens with one attached hydrogen (secondary N) is 1. The molecule has 4 rings (SSSR count). The summed E-state index contributed by atoms with van der Waals surface area (Å²) in [5, 5.41) is 9.01. The van der Waals surface area contributed by atoms with Crippen LogP contribution in [0.3, 0.4) is 0 Å². The fraction of sp³-hybridized carbons (Fsp3) is 0.381. The van der Waals surface area contributed by atoms with Gasteiger partial charge in [-0.15, -0.1) is 22.7 Å². The third kappa shape index (κ3) is 4.91. The van der Waals surface area contributed by atoms with Crippen molar-refractivity contribution >= 4 is 45.6 Å². The first-order valence-corrected chi connectivity index (χ1v) is 11.7. The summed E-state index contributed by atoms with van der Waals surface area (Å²) in [7, 11) is 0. The molecule has 0 spiro atoms. The van der Waals surface area contributed by atoms with Gasteiger partial charge in [-0.1, -0.05) is 0 Å². The van der Waals surface area contributed by atoms with E-state index in [9.17, 15) is 4.79 Å². The Hall–Kier alpha value is -2.65. The lowest BCUT2D eigenvalue weighted by Crippen LogP contribution is -2.38. The topological polar surface area (TPSA) is 83.9 Å². The van der Waals surface area contributed by atoms with Crippen LogP contribution >= 0.6 is 22.7 Å². The molecule has 4 heterocycles. The van der Waals surface area contributed by atoms with Crippen molar-refractivity contribution in [3.63, 3.8) is 0 Å². The summed E-state index contributed by atoms with van der Waals surface area (Å²) in [4.78, 5) is 33.1. The lowest BCUT2D eigenvalue weighted by Gasteiger charge is -2.34. The Kier molecular flexibility index (Phi) is 6.19. The van der Waals surface area contributed by atoms with Gasteiger partial charge in [-0.3, -0.25) is 4.79 Å². The standard InChI is InChI=1S/C21H24N6OS2/c1-13-10-18(26-21-23-14(2)11-30-21)25-20(22-13)17-6-4-5-9-27(17)19(28)8-7-16-12-29-15(3)24-16/h7-8,10-12,17H,4-6,9H2,1-3H3,(H,22,23,25,26)/b8-7+/t17-/m0/s1. The summed E-state index contributed by atoms with van der Waals surface area (Å²) in [5.41, 5.74) is 2.65. The normalized spacial score (nSPS) is 16.9. The maximum Gasteiger partial charge on any atom is 0.247 e. The average molecular weight is 441 g/mol. The van der Waals surface area contributed by atoms with Gasteiger partial charge in [-0.2, -0.15) is 0 Å². The molecule has 0 aliphatic carbocycles. The van der Waals surface area contributed by atoms with Gasteiger partial charge in [0, 0.05) is 35.1 Å². The minimum atomic E-state index is -0.133. The highest BCUT2D eigenvalue weighted by molar-refractivity contribution is 7.13. The van der Waals surface area contributed by atoms with Gasteiger partial charge in [-0.25, -0.2) is 19.9 Å². The van der Waals surface area contributed by atoms with Gasteiger partial charge in [0.05, 0.1) is 22.4 Å². The molecule has 1 aliphatic heterocycles. The maximum atomic E-state index is 13.0. The SMILES string of the molecule is Cc1cc(Nc2nc(C)cs2)nc([C@@H]2CCCCN2C(=O)/C=C/c2csc(C)n2)n1. The average Bonchev–Trinajstić information content (AvgIpc) is 3.33. The zero-order valence-corrected chi connectivity index (χ0v) is 18.9. The van der Waals surface area contributed by atoms with E-state index in [2.05, 4.69) is 20.3 Å². The molecular formula is C21H24N6OS2. The Morgan fingerprint density at radius 2 is 1.97 bits per heavy atom. The molecule has 9 heteroatoms.